The molecule has 3 aliphatic rings. The van der Waals surface area contributed by atoms with Gasteiger partial charge in [0.15, 0.2) is 0 Å². The minimum atomic E-state index is -0.730. The van der Waals surface area contributed by atoms with Gasteiger partial charge in [-0.1, -0.05) is 60.7 Å². The van der Waals surface area contributed by atoms with Gasteiger partial charge in [0.05, 0.1) is 23.8 Å². The number of carbonyl (C=O) groups is 2. The van der Waals surface area contributed by atoms with E-state index in [0.717, 1.165) is 24.9 Å². The molecule has 2 amide bonds. The quantitative estimate of drug-likeness (QED) is 0.562. The van der Waals surface area contributed by atoms with Crippen LogP contribution >= 0.6 is 0 Å². The molecule has 0 radical (unpaired) electrons. The summed E-state index contributed by atoms with van der Waals surface area (Å²) in [7, 11) is 0. The lowest BCUT2D eigenvalue weighted by Gasteiger charge is -2.42. The molecule has 164 valence electrons. The molecule has 0 saturated carbocycles. The molecule has 1 aliphatic carbocycles. The minimum absolute atomic E-state index is 0.101. The Bertz CT molecular complexity index is 1040. The van der Waals surface area contributed by atoms with Crippen molar-refractivity contribution in [3.63, 3.8) is 0 Å². The first-order valence-electron chi connectivity index (χ1n) is 11.2. The molecule has 5 rings (SSSR count). The van der Waals surface area contributed by atoms with Gasteiger partial charge in [-0.05, 0) is 49.4 Å². The minimum Gasteiger partial charge on any atom is -0.391 e. The van der Waals surface area contributed by atoms with Crippen molar-refractivity contribution in [3.8, 4) is 0 Å². The van der Waals surface area contributed by atoms with Gasteiger partial charge < -0.3 is 10.5 Å². The van der Waals surface area contributed by atoms with E-state index < -0.39 is 24.1 Å². The Morgan fingerprint density at radius 1 is 0.906 bits per heavy atom. The zero-order valence-corrected chi connectivity index (χ0v) is 17.7. The molecule has 5 unspecified atom stereocenters. The lowest BCUT2D eigenvalue weighted by atomic mass is 9.83. The van der Waals surface area contributed by atoms with Crippen molar-refractivity contribution in [3.05, 3.63) is 85.0 Å². The van der Waals surface area contributed by atoms with E-state index in [2.05, 4.69) is 17.6 Å². The maximum atomic E-state index is 13.6. The standard InChI is InChI=1S/C26H27N3O3/c30-24(18-10-4-1-5-11-18)22-17-16-21-23(29(22)27-19-12-6-2-7-13-19)26(32)28(25(21)31)20-14-8-3-9-15-20/h1-4,6-9,12-18,21-24,27,30H,5,10-11H2. The monoisotopic (exact) mass is 429 g/mol. The van der Waals surface area contributed by atoms with Crippen LogP contribution in [0.3, 0.4) is 0 Å². The largest absolute Gasteiger partial charge is 0.391 e. The van der Waals surface area contributed by atoms with Crippen molar-refractivity contribution < 1.29 is 14.7 Å². The van der Waals surface area contributed by atoms with Crippen LogP contribution in [0.4, 0.5) is 11.4 Å². The molecule has 2 aromatic carbocycles. The second-order valence-corrected chi connectivity index (χ2v) is 8.61. The Morgan fingerprint density at radius 3 is 2.31 bits per heavy atom. The fourth-order valence-corrected chi connectivity index (χ4v) is 4.99. The molecule has 6 nitrogen and oxygen atoms in total. The average Bonchev–Trinajstić information content (AvgIpc) is 3.10. The summed E-state index contributed by atoms with van der Waals surface area (Å²) in [5, 5.41) is 13.1. The molecule has 0 spiro atoms. The number of carbonyl (C=O) groups excluding carboxylic acids is 2. The van der Waals surface area contributed by atoms with E-state index in [4.69, 9.17) is 0 Å². The van der Waals surface area contributed by atoms with E-state index in [1.54, 1.807) is 17.1 Å². The molecule has 32 heavy (non-hydrogen) atoms. The van der Waals surface area contributed by atoms with Crippen LogP contribution in [0.1, 0.15) is 19.3 Å². The Morgan fingerprint density at radius 2 is 1.62 bits per heavy atom. The molecule has 2 aliphatic heterocycles. The topological polar surface area (TPSA) is 72.9 Å². The summed E-state index contributed by atoms with van der Waals surface area (Å²) in [6, 6.07) is 17.4. The van der Waals surface area contributed by atoms with Crippen molar-refractivity contribution in [2.45, 2.75) is 37.5 Å². The summed E-state index contributed by atoms with van der Waals surface area (Å²) in [5.74, 6) is -1.02. The third-order valence-electron chi connectivity index (χ3n) is 6.64. The van der Waals surface area contributed by atoms with Crippen LogP contribution in [-0.2, 0) is 9.59 Å². The summed E-state index contributed by atoms with van der Waals surface area (Å²) in [6.07, 6.45) is 9.94. The molecule has 0 aromatic heterocycles. The van der Waals surface area contributed by atoms with Gasteiger partial charge in [0.25, 0.3) is 5.91 Å². The van der Waals surface area contributed by atoms with Crippen molar-refractivity contribution in [2.75, 3.05) is 10.3 Å². The number of aliphatic hydroxyl groups excluding tert-OH is 1. The fraction of sp³-hybridized carbons (Fsp3) is 0.308. The van der Waals surface area contributed by atoms with Crippen LogP contribution in [0.2, 0.25) is 0 Å². The van der Waals surface area contributed by atoms with E-state index in [1.807, 2.05) is 60.7 Å². The zero-order chi connectivity index (χ0) is 22.1. The first kappa shape index (κ1) is 20.7. The number of rotatable bonds is 5. The van der Waals surface area contributed by atoms with E-state index in [0.29, 0.717) is 5.69 Å². The fourth-order valence-electron chi connectivity index (χ4n) is 4.99. The number of hydrogen-bond donors (Lipinski definition) is 2. The number of anilines is 2. The highest BCUT2D eigenvalue weighted by molar-refractivity contribution is 6.24. The van der Waals surface area contributed by atoms with E-state index in [-0.39, 0.29) is 17.7 Å². The van der Waals surface area contributed by atoms with Crippen molar-refractivity contribution in [1.29, 1.82) is 0 Å². The van der Waals surface area contributed by atoms with Crippen LogP contribution in [0.25, 0.3) is 0 Å². The maximum absolute atomic E-state index is 13.6. The Hall–Kier alpha value is -3.22. The third kappa shape index (κ3) is 3.66. The van der Waals surface area contributed by atoms with Crippen LogP contribution in [0, 0.1) is 11.8 Å². The maximum Gasteiger partial charge on any atom is 0.254 e. The SMILES string of the molecule is O=C1C2C=CC(C(O)C3CC=CCC3)N(Nc3ccccc3)C2C(=O)N1c1ccccc1. The number of benzene rings is 2. The van der Waals surface area contributed by atoms with Crippen LogP contribution in [0.5, 0.6) is 0 Å². The zero-order valence-electron chi connectivity index (χ0n) is 17.7. The molecule has 2 N–H and O–H groups in total. The molecule has 5 atom stereocenters. The smallest absolute Gasteiger partial charge is 0.254 e. The number of aliphatic hydroxyl groups is 1. The molecule has 2 aromatic rings. The van der Waals surface area contributed by atoms with Gasteiger partial charge in [-0.3, -0.25) is 9.59 Å². The molecular weight excluding hydrogens is 402 g/mol. The Kier molecular flexibility index (Phi) is 5.64. The molecular formula is C26H27N3O3. The van der Waals surface area contributed by atoms with Crippen molar-refractivity contribution >= 4 is 23.2 Å². The molecule has 2 heterocycles. The van der Waals surface area contributed by atoms with E-state index in [9.17, 15) is 14.7 Å². The summed E-state index contributed by atoms with van der Waals surface area (Å²) >= 11 is 0. The van der Waals surface area contributed by atoms with Crippen LogP contribution < -0.4 is 10.3 Å². The first-order chi connectivity index (χ1) is 15.6. The lowest BCUT2D eigenvalue weighted by molar-refractivity contribution is -0.123. The number of nitrogens with one attached hydrogen (secondary N) is 1. The van der Waals surface area contributed by atoms with Crippen molar-refractivity contribution in [1.82, 2.24) is 5.01 Å². The second kappa shape index (κ2) is 8.73. The highest BCUT2D eigenvalue weighted by Gasteiger charge is 2.54. The van der Waals surface area contributed by atoms with Gasteiger partial charge in [-0.2, -0.15) is 0 Å². The third-order valence-corrected chi connectivity index (χ3v) is 6.64. The number of para-hydroxylation sites is 2. The lowest BCUT2D eigenvalue weighted by Crippen LogP contribution is -2.58. The molecule has 1 fully saturated rings. The normalized spacial score (nSPS) is 28.6. The molecule has 0 bridgehead atoms. The van der Waals surface area contributed by atoms with Gasteiger partial charge >= 0.3 is 0 Å². The Labute approximate surface area is 187 Å². The number of nitrogens with zero attached hydrogens (tertiary/aromatic N) is 2. The highest BCUT2D eigenvalue weighted by atomic mass is 16.3. The summed E-state index contributed by atoms with van der Waals surface area (Å²) in [4.78, 5) is 28.1. The van der Waals surface area contributed by atoms with E-state index >= 15 is 0 Å². The highest BCUT2D eigenvalue weighted by Crippen LogP contribution is 2.37. The van der Waals surface area contributed by atoms with Gasteiger partial charge in [-0.25, -0.2) is 9.91 Å². The van der Waals surface area contributed by atoms with Crippen LogP contribution in [0.15, 0.2) is 85.0 Å². The van der Waals surface area contributed by atoms with Gasteiger partial charge in [0.2, 0.25) is 5.91 Å². The molecule has 6 heteroatoms. The number of imide groups is 1. The van der Waals surface area contributed by atoms with E-state index in [1.165, 1.54) is 4.90 Å². The number of hydrogen-bond acceptors (Lipinski definition) is 5. The van der Waals surface area contributed by atoms with Gasteiger partial charge in [0.1, 0.15) is 6.04 Å². The summed E-state index contributed by atoms with van der Waals surface area (Å²) < 4.78 is 0. The van der Waals surface area contributed by atoms with Crippen molar-refractivity contribution in [2.24, 2.45) is 11.8 Å². The predicted octanol–water partition coefficient (Wildman–Crippen LogP) is 3.53. The number of allylic oxidation sites excluding steroid dienone is 2. The number of amides is 2. The summed E-state index contributed by atoms with van der Waals surface area (Å²) in [6.45, 7) is 0. The van der Waals surface area contributed by atoms with Gasteiger partial charge in [0, 0.05) is 5.69 Å². The first-order valence-corrected chi connectivity index (χ1v) is 11.2. The average molecular weight is 430 g/mol. The second-order valence-electron chi connectivity index (χ2n) is 8.61. The van der Waals surface area contributed by atoms with Crippen LogP contribution in [-0.4, -0.2) is 40.1 Å². The Balaban J connectivity index is 1.51. The predicted molar refractivity (Wildman–Crippen MR) is 124 cm³/mol. The molecule has 1 saturated heterocycles. The number of hydrazine groups is 1. The number of fused-ring (bicyclic) bond motifs is 1. The summed E-state index contributed by atoms with van der Waals surface area (Å²) in [5.41, 5.74) is 4.72. The van der Waals surface area contributed by atoms with Gasteiger partial charge in [-0.15, -0.1) is 0 Å².